The monoisotopic (exact) mass is 412 g/mol. The first-order chi connectivity index (χ1) is 12.3. The van der Waals surface area contributed by atoms with Crippen molar-refractivity contribution in [1.82, 2.24) is 5.32 Å². The fourth-order valence-corrected chi connectivity index (χ4v) is 2.66. The molecule has 2 rings (SSSR count). The van der Waals surface area contributed by atoms with Crippen LogP contribution in [0.4, 0.5) is 5.69 Å². The van der Waals surface area contributed by atoms with Crippen molar-refractivity contribution in [1.29, 1.82) is 0 Å². The van der Waals surface area contributed by atoms with Crippen molar-refractivity contribution in [3.63, 3.8) is 0 Å². The third-order valence-electron chi connectivity index (χ3n) is 3.18. The quantitative estimate of drug-likeness (QED) is 0.637. The van der Waals surface area contributed by atoms with Crippen molar-refractivity contribution < 1.29 is 19.4 Å². The van der Waals surface area contributed by atoms with Gasteiger partial charge in [-0.05, 0) is 55.5 Å². The van der Waals surface area contributed by atoms with Crippen LogP contribution in [0, 0.1) is 0 Å². The lowest BCUT2D eigenvalue weighted by molar-refractivity contribution is 0.0697. The molecule has 2 aromatic carbocycles. The van der Waals surface area contributed by atoms with Crippen LogP contribution in [-0.2, 0) is 0 Å². The van der Waals surface area contributed by atoms with Crippen molar-refractivity contribution >= 4 is 58.1 Å². The van der Waals surface area contributed by atoms with Gasteiger partial charge in [0.15, 0.2) is 5.11 Å². The Kier molecular flexibility index (Phi) is 6.79. The molecule has 0 aromatic heterocycles. The van der Waals surface area contributed by atoms with Crippen molar-refractivity contribution in [2.75, 3.05) is 11.9 Å². The largest absolute Gasteiger partial charge is 0.492 e. The molecule has 0 atom stereocenters. The Morgan fingerprint density at radius 2 is 1.88 bits per heavy atom. The Bertz CT molecular complexity index is 874. The third-order valence-corrected chi connectivity index (χ3v) is 4.00. The zero-order valence-corrected chi connectivity index (χ0v) is 15.8. The lowest BCUT2D eigenvalue weighted by Gasteiger charge is -2.11. The summed E-state index contributed by atoms with van der Waals surface area (Å²) >= 11 is 16.9. The van der Waals surface area contributed by atoms with Crippen LogP contribution in [0.25, 0.3) is 0 Å². The van der Waals surface area contributed by atoms with Gasteiger partial charge in [-0.25, -0.2) is 4.79 Å². The number of anilines is 1. The van der Waals surface area contributed by atoms with E-state index in [1.54, 1.807) is 18.2 Å². The number of hydrogen-bond acceptors (Lipinski definition) is 4. The predicted octanol–water partition coefficient (Wildman–Crippen LogP) is 4.22. The zero-order valence-electron chi connectivity index (χ0n) is 13.5. The summed E-state index contributed by atoms with van der Waals surface area (Å²) in [5, 5.41) is 14.7. The predicted molar refractivity (Wildman–Crippen MR) is 105 cm³/mol. The van der Waals surface area contributed by atoms with Gasteiger partial charge in [0.2, 0.25) is 0 Å². The van der Waals surface area contributed by atoms with Gasteiger partial charge in [0.25, 0.3) is 5.91 Å². The van der Waals surface area contributed by atoms with Crippen LogP contribution in [0.2, 0.25) is 10.0 Å². The van der Waals surface area contributed by atoms with E-state index >= 15 is 0 Å². The molecule has 0 aliphatic heterocycles. The molecule has 6 nitrogen and oxygen atoms in total. The summed E-state index contributed by atoms with van der Waals surface area (Å²) in [6.45, 7) is 2.28. The second-order valence-corrected chi connectivity index (χ2v) is 6.21. The number of nitrogens with one attached hydrogen (secondary N) is 2. The topological polar surface area (TPSA) is 87.7 Å². The number of carboxylic acids is 1. The molecule has 0 aliphatic carbocycles. The van der Waals surface area contributed by atoms with Crippen LogP contribution in [0.3, 0.4) is 0 Å². The minimum absolute atomic E-state index is 0.00123. The summed E-state index contributed by atoms with van der Waals surface area (Å²) < 4.78 is 5.31. The maximum atomic E-state index is 12.2. The average molecular weight is 413 g/mol. The van der Waals surface area contributed by atoms with Gasteiger partial charge in [-0.1, -0.05) is 23.2 Å². The van der Waals surface area contributed by atoms with E-state index in [1.165, 1.54) is 18.2 Å². The molecule has 1 amide bonds. The van der Waals surface area contributed by atoms with Gasteiger partial charge >= 0.3 is 5.97 Å². The SMILES string of the molecule is CCOc1ccc(C(=O)NC(=S)Nc2ccc(Cl)c(C(=O)O)c2)cc1Cl. The van der Waals surface area contributed by atoms with Crippen molar-refractivity contribution in [2.45, 2.75) is 6.92 Å². The molecular formula is C17H14Cl2N2O4S. The van der Waals surface area contributed by atoms with Crippen LogP contribution in [0.5, 0.6) is 5.75 Å². The highest BCUT2D eigenvalue weighted by atomic mass is 35.5. The molecule has 0 heterocycles. The summed E-state index contributed by atoms with van der Waals surface area (Å²) in [5.41, 5.74) is 0.593. The second kappa shape index (κ2) is 8.84. The first-order valence-electron chi connectivity index (χ1n) is 7.39. The van der Waals surface area contributed by atoms with Crippen molar-refractivity contribution in [2.24, 2.45) is 0 Å². The minimum atomic E-state index is -1.17. The Labute approximate surface area is 165 Å². The van der Waals surface area contributed by atoms with Crippen LogP contribution < -0.4 is 15.4 Å². The van der Waals surface area contributed by atoms with Crippen LogP contribution in [0.15, 0.2) is 36.4 Å². The lowest BCUT2D eigenvalue weighted by atomic mass is 10.2. The number of carboxylic acid groups (broad SMARTS) is 1. The number of thiocarbonyl (C=S) groups is 1. The van der Waals surface area contributed by atoms with E-state index in [9.17, 15) is 9.59 Å². The summed E-state index contributed by atoms with van der Waals surface area (Å²) in [7, 11) is 0. The number of amides is 1. The molecule has 0 spiro atoms. The van der Waals surface area contributed by atoms with E-state index in [1.807, 2.05) is 6.92 Å². The molecule has 0 radical (unpaired) electrons. The van der Waals surface area contributed by atoms with E-state index in [0.717, 1.165) is 0 Å². The summed E-state index contributed by atoms with van der Waals surface area (Å²) in [5.74, 6) is -1.16. The standard InChI is InChI=1S/C17H14Cl2N2O4S/c1-2-25-14-6-3-9(7-13(14)19)15(22)21-17(26)20-10-4-5-12(18)11(8-10)16(23)24/h3-8H,2H2,1H3,(H,23,24)(H2,20,21,22,26). The van der Waals surface area contributed by atoms with E-state index in [4.69, 9.17) is 45.3 Å². The highest BCUT2D eigenvalue weighted by molar-refractivity contribution is 7.80. The van der Waals surface area contributed by atoms with E-state index in [-0.39, 0.29) is 15.7 Å². The number of benzene rings is 2. The molecule has 2 aromatic rings. The fraction of sp³-hybridized carbons (Fsp3) is 0.118. The number of carbonyl (C=O) groups is 2. The van der Waals surface area contributed by atoms with Gasteiger partial charge in [0.05, 0.1) is 22.2 Å². The summed E-state index contributed by atoms with van der Waals surface area (Å²) in [6.07, 6.45) is 0. The molecule has 0 saturated heterocycles. The number of halogens is 2. The maximum Gasteiger partial charge on any atom is 0.337 e. The molecule has 26 heavy (non-hydrogen) atoms. The van der Waals surface area contributed by atoms with Crippen LogP contribution in [-0.4, -0.2) is 28.7 Å². The van der Waals surface area contributed by atoms with Gasteiger partial charge in [-0.3, -0.25) is 10.1 Å². The van der Waals surface area contributed by atoms with Crippen LogP contribution >= 0.6 is 35.4 Å². The Morgan fingerprint density at radius 1 is 1.15 bits per heavy atom. The van der Waals surface area contributed by atoms with E-state index in [0.29, 0.717) is 28.6 Å². The normalized spacial score (nSPS) is 10.1. The molecule has 9 heteroatoms. The number of rotatable bonds is 5. The minimum Gasteiger partial charge on any atom is -0.492 e. The molecular weight excluding hydrogens is 399 g/mol. The van der Waals surface area contributed by atoms with Gasteiger partial charge in [0, 0.05) is 11.3 Å². The maximum absolute atomic E-state index is 12.2. The van der Waals surface area contributed by atoms with E-state index in [2.05, 4.69) is 10.6 Å². The first kappa shape index (κ1) is 20.0. The molecule has 3 N–H and O–H groups in total. The highest BCUT2D eigenvalue weighted by Gasteiger charge is 2.13. The van der Waals surface area contributed by atoms with Gasteiger partial charge in [0.1, 0.15) is 5.75 Å². The third kappa shape index (κ3) is 5.08. The Morgan fingerprint density at radius 3 is 2.50 bits per heavy atom. The highest BCUT2D eigenvalue weighted by Crippen LogP contribution is 2.25. The van der Waals surface area contributed by atoms with Crippen molar-refractivity contribution in [3.8, 4) is 5.75 Å². The molecule has 0 saturated carbocycles. The number of aromatic carboxylic acids is 1. The van der Waals surface area contributed by atoms with E-state index < -0.39 is 11.9 Å². The van der Waals surface area contributed by atoms with Gasteiger partial charge in [-0.2, -0.15) is 0 Å². The Balaban J connectivity index is 2.06. The number of carbonyl (C=O) groups excluding carboxylic acids is 1. The van der Waals surface area contributed by atoms with Crippen LogP contribution in [0.1, 0.15) is 27.6 Å². The average Bonchev–Trinajstić information content (AvgIpc) is 2.58. The molecule has 0 unspecified atom stereocenters. The van der Waals surface area contributed by atoms with Gasteiger partial charge in [-0.15, -0.1) is 0 Å². The summed E-state index contributed by atoms with van der Waals surface area (Å²) in [4.78, 5) is 23.3. The zero-order chi connectivity index (χ0) is 19.3. The molecule has 136 valence electrons. The second-order valence-electron chi connectivity index (χ2n) is 4.99. The fourth-order valence-electron chi connectivity index (χ4n) is 2.02. The number of ether oxygens (including phenoxy) is 1. The summed E-state index contributed by atoms with van der Waals surface area (Å²) in [6, 6.07) is 8.90. The first-order valence-corrected chi connectivity index (χ1v) is 8.55. The smallest absolute Gasteiger partial charge is 0.337 e. The molecule has 0 aliphatic rings. The Hall–Kier alpha value is -2.35. The molecule has 0 fully saturated rings. The lowest BCUT2D eigenvalue weighted by Crippen LogP contribution is -2.34. The molecule has 0 bridgehead atoms. The van der Waals surface area contributed by atoms with Crippen molar-refractivity contribution in [3.05, 3.63) is 57.6 Å². The van der Waals surface area contributed by atoms with Gasteiger partial charge < -0.3 is 15.2 Å². The number of hydrogen-bond donors (Lipinski definition) is 3.